The van der Waals surface area contributed by atoms with Gasteiger partial charge in [-0.15, -0.1) is 6.58 Å². The topological polar surface area (TPSA) is 17.8 Å². The summed E-state index contributed by atoms with van der Waals surface area (Å²) in [6.07, 6.45) is 2.15. The molecule has 0 aliphatic carbocycles. The summed E-state index contributed by atoms with van der Waals surface area (Å²) in [5, 5.41) is 4.55. The Morgan fingerprint density at radius 1 is 1.47 bits per heavy atom. The number of allylic oxidation sites excluding steroid dienone is 1. The van der Waals surface area contributed by atoms with Gasteiger partial charge in [0, 0.05) is 5.69 Å². The van der Waals surface area contributed by atoms with Crippen molar-refractivity contribution in [2.75, 3.05) is 0 Å². The molecule has 2 heteroatoms. The summed E-state index contributed by atoms with van der Waals surface area (Å²) in [7, 11) is 0. The van der Waals surface area contributed by atoms with E-state index in [1.807, 2.05) is 6.92 Å². The van der Waals surface area contributed by atoms with Gasteiger partial charge in [-0.25, -0.2) is 0 Å². The lowest BCUT2D eigenvalue weighted by Crippen LogP contribution is -2.28. The maximum Gasteiger partial charge on any atom is 0.0596 e. The van der Waals surface area contributed by atoms with E-state index in [0.29, 0.717) is 0 Å². The molecule has 0 radical (unpaired) electrons. The highest BCUT2D eigenvalue weighted by Gasteiger charge is 2.22. The van der Waals surface area contributed by atoms with Crippen molar-refractivity contribution in [3.63, 3.8) is 0 Å². The summed E-state index contributed by atoms with van der Waals surface area (Å²) >= 11 is 0. The van der Waals surface area contributed by atoms with Crippen LogP contribution in [0.1, 0.15) is 45.0 Å². The Morgan fingerprint density at radius 2 is 2.07 bits per heavy atom. The lowest BCUT2D eigenvalue weighted by atomic mass is 9.96. The van der Waals surface area contributed by atoms with Crippen molar-refractivity contribution < 1.29 is 0 Å². The van der Waals surface area contributed by atoms with Crippen LogP contribution in [0.4, 0.5) is 0 Å². The van der Waals surface area contributed by atoms with Crippen LogP contribution < -0.4 is 0 Å². The molecule has 15 heavy (non-hydrogen) atoms. The third-order valence-electron chi connectivity index (χ3n) is 2.75. The summed E-state index contributed by atoms with van der Waals surface area (Å²) in [4.78, 5) is 0. The van der Waals surface area contributed by atoms with Gasteiger partial charge in [-0.3, -0.25) is 4.68 Å². The Morgan fingerprint density at radius 3 is 2.47 bits per heavy atom. The highest BCUT2D eigenvalue weighted by atomic mass is 15.3. The zero-order valence-electron chi connectivity index (χ0n) is 10.6. The first-order chi connectivity index (χ1) is 6.83. The Kier molecular flexibility index (Phi) is 3.38. The van der Waals surface area contributed by atoms with Crippen LogP contribution in [0.3, 0.4) is 0 Å². The molecule has 84 valence electrons. The molecule has 0 aliphatic rings. The highest BCUT2D eigenvalue weighted by molar-refractivity contribution is 5.09. The molecule has 0 aromatic carbocycles. The molecule has 0 saturated carbocycles. The molecular formula is C13H22N2. The van der Waals surface area contributed by atoms with Gasteiger partial charge in [0.05, 0.1) is 11.2 Å². The zero-order valence-corrected chi connectivity index (χ0v) is 10.6. The van der Waals surface area contributed by atoms with E-state index >= 15 is 0 Å². The molecule has 0 aliphatic heterocycles. The summed E-state index contributed by atoms with van der Waals surface area (Å²) in [6.45, 7) is 14.6. The molecule has 0 amide bonds. The first kappa shape index (κ1) is 12.0. The number of aromatic nitrogens is 2. The van der Waals surface area contributed by atoms with Gasteiger partial charge in [0.25, 0.3) is 0 Å². The van der Waals surface area contributed by atoms with Gasteiger partial charge < -0.3 is 0 Å². The van der Waals surface area contributed by atoms with E-state index in [1.54, 1.807) is 0 Å². The van der Waals surface area contributed by atoms with E-state index in [0.717, 1.165) is 18.5 Å². The van der Waals surface area contributed by atoms with Gasteiger partial charge in [0.15, 0.2) is 0 Å². The molecule has 0 spiro atoms. The Labute approximate surface area is 93.0 Å². The minimum atomic E-state index is 0.0806. The minimum absolute atomic E-state index is 0.0806. The third-order valence-corrected chi connectivity index (χ3v) is 2.75. The standard InChI is InChI=1S/C13H22N2/c1-10(2)7-8-13(5,6)15-12(4)9-11(3)14-15/h9H,1,7-8H2,2-6H3. The number of hydrogen-bond acceptors (Lipinski definition) is 1. The van der Waals surface area contributed by atoms with Crippen LogP contribution >= 0.6 is 0 Å². The monoisotopic (exact) mass is 206 g/mol. The molecule has 1 aromatic heterocycles. The van der Waals surface area contributed by atoms with Crippen molar-refractivity contribution in [3.8, 4) is 0 Å². The fourth-order valence-corrected chi connectivity index (χ4v) is 1.87. The molecule has 0 atom stereocenters. The normalized spacial score (nSPS) is 11.8. The van der Waals surface area contributed by atoms with Crippen molar-refractivity contribution in [2.45, 2.75) is 53.0 Å². The van der Waals surface area contributed by atoms with Crippen LogP contribution in [0.5, 0.6) is 0 Å². The molecule has 0 fully saturated rings. The van der Waals surface area contributed by atoms with Crippen LogP contribution in [-0.4, -0.2) is 9.78 Å². The zero-order chi connectivity index (χ0) is 11.6. The number of rotatable bonds is 4. The molecule has 0 unspecified atom stereocenters. The second kappa shape index (κ2) is 4.21. The van der Waals surface area contributed by atoms with Gasteiger partial charge in [-0.1, -0.05) is 5.57 Å². The summed E-state index contributed by atoms with van der Waals surface area (Å²) in [5.74, 6) is 0. The maximum absolute atomic E-state index is 4.55. The quantitative estimate of drug-likeness (QED) is 0.688. The predicted molar refractivity (Wildman–Crippen MR) is 65.1 cm³/mol. The van der Waals surface area contributed by atoms with Crippen LogP contribution in [-0.2, 0) is 5.54 Å². The lowest BCUT2D eigenvalue weighted by Gasteiger charge is -2.27. The first-order valence-electron chi connectivity index (χ1n) is 5.51. The van der Waals surface area contributed by atoms with Crippen LogP contribution in [0.15, 0.2) is 18.2 Å². The maximum atomic E-state index is 4.55. The fourth-order valence-electron chi connectivity index (χ4n) is 1.87. The molecule has 1 aromatic rings. The van der Waals surface area contributed by atoms with Crippen LogP contribution in [0, 0.1) is 13.8 Å². The van der Waals surface area contributed by atoms with Gasteiger partial charge in [0.1, 0.15) is 0 Å². The first-order valence-corrected chi connectivity index (χ1v) is 5.51. The van der Waals surface area contributed by atoms with E-state index in [-0.39, 0.29) is 5.54 Å². The molecule has 2 nitrogen and oxygen atoms in total. The summed E-state index contributed by atoms with van der Waals surface area (Å²) in [5.41, 5.74) is 3.65. The highest BCUT2D eigenvalue weighted by Crippen LogP contribution is 2.24. The Hall–Kier alpha value is -1.05. The Balaban J connectivity index is 2.85. The smallest absolute Gasteiger partial charge is 0.0596 e. The molecule has 0 N–H and O–H groups in total. The predicted octanol–water partition coefficient (Wildman–Crippen LogP) is 3.59. The van der Waals surface area contributed by atoms with Gasteiger partial charge in [0.2, 0.25) is 0 Å². The molecule has 0 bridgehead atoms. The number of aryl methyl sites for hydroxylation is 2. The second-order valence-corrected chi connectivity index (χ2v) is 5.11. The summed E-state index contributed by atoms with van der Waals surface area (Å²) < 4.78 is 2.13. The average Bonchev–Trinajstić information content (AvgIpc) is 2.43. The Bertz CT molecular complexity index is 359. The van der Waals surface area contributed by atoms with E-state index in [9.17, 15) is 0 Å². The lowest BCUT2D eigenvalue weighted by molar-refractivity contribution is 0.288. The van der Waals surface area contributed by atoms with Crippen molar-refractivity contribution in [3.05, 3.63) is 29.6 Å². The van der Waals surface area contributed by atoms with E-state index < -0.39 is 0 Å². The van der Waals surface area contributed by atoms with E-state index in [1.165, 1.54) is 11.3 Å². The van der Waals surface area contributed by atoms with Gasteiger partial charge >= 0.3 is 0 Å². The van der Waals surface area contributed by atoms with Gasteiger partial charge in [-0.2, -0.15) is 5.10 Å². The fraction of sp³-hybridized carbons (Fsp3) is 0.615. The molecular weight excluding hydrogens is 184 g/mol. The largest absolute Gasteiger partial charge is 0.264 e. The van der Waals surface area contributed by atoms with Gasteiger partial charge in [-0.05, 0) is 53.5 Å². The number of hydrogen-bond donors (Lipinski definition) is 0. The molecule has 1 rings (SSSR count). The van der Waals surface area contributed by atoms with Crippen molar-refractivity contribution in [2.24, 2.45) is 0 Å². The van der Waals surface area contributed by atoms with Crippen LogP contribution in [0.25, 0.3) is 0 Å². The molecule has 1 heterocycles. The minimum Gasteiger partial charge on any atom is -0.264 e. The second-order valence-electron chi connectivity index (χ2n) is 5.11. The van der Waals surface area contributed by atoms with Crippen molar-refractivity contribution in [1.29, 1.82) is 0 Å². The number of nitrogens with zero attached hydrogens (tertiary/aromatic N) is 2. The van der Waals surface area contributed by atoms with Crippen molar-refractivity contribution in [1.82, 2.24) is 9.78 Å². The third kappa shape index (κ3) is 2.95. The van der Waals surface area contributed by atoms with Crippen LogP contribution in [0.2, 0.25) is 0 Å². The van der Waals surface area contributed by atoms with E-state index in [2.05, 4.69) is 50.1 Å². The SMILES string of the molecule is C=C(C)CCC(C)(C)n1nc(C)cc1C. The summed E-state index contributed by atoms with van der Waals surface area (Å²) in [6, 6.07) is 2.13. The average molecular weight is 206 g/mol. The van der Waals surface area contributed by atoms with Crippen molar-refractivity contribution >= 4 is 0 Å². The molecule has 0 saturated heterocycles. The van der Waals surface area contributed by atoms with E-state index in [4.69, 9.17) is 0 Å².